The minimum absolute atomic E-state index is 0.0140. The summed E-state index contributed by atoms with van der Waals surface area (Å²) in [6, 6.07) is 0. The number of rotatable bonds is 2. The van der Waals surface area contributed by atoms with E-state index >= 15 is 0 Å². The Bertz CT molecular complexity index is 657. The van der Waals surface area contributed by atoms with Crippen molar-refractivity contribution in [2.75, 3.05) is 14.2 Å². The van der Waals surface area contributed by atoms with Crippen molar-refractivity contribution >= 4 is 5.78 Å². The lowest BCUT2D eigenvalue weighted by Gasteiger charge is -2.75. The molecule has 0 unspecified atom stereocenters. The molecule has 1 spiro atoms. The first-order valence-electron chi connectivity index (χ1n) is 10.2. The van der Waals surface area contributed by atoms with Gasteiger partial charge in [-0.1, -0.05) is 20.8 Å². The largest absolute Gasteiger partial charge is 0.392 e. The van der Waals surface area contributed by atoms with E-state index in [1.165, 1.54) is 14.2 Å². The molecule has 6 nitrogen and oxygen atoms in total. The number of ether oxygens (including phenoxy) is 2. The maximum atomic E-state index is 12.6. The third-order valence-corrected chi connectivity index (χ3v) is 9.51. The number of carbonyl (C=O) groups excluding carboxylic acids is 1. The van der Waals surface area contributed by atoms with Crippen LogP contribution in [0.5, 0.6) is 0 Å². The zero-order valence-corrected chi connectivity index (χ0v) is 17.1. The molecule has 0 saturated heterocycles. The van der Waals surface area contributed by atoms with E-state index in [1.54, 1.807) is 0 Å². The summed E-state index contributed by atoms with van der Waals surface area (Å²) in [5, 5.41) is 34.9. The highest BCUT2D eigenvalue weighted by atomic mass is 16.7. The van der Waals surface area contributed by atoms with Crippen molar-refractivity contribution in [3.63, 3.8) is 0 Å². The fraction of sp³-hybridized carbons (Fsp3) is 0.952. The first-order valence-corrected chi connectivity index (χ1v) is 10.2. The molecular weight excluding hydrogens is 348 g/mol. The second kappa shape index (κ2) is 5.54. The summed E-state index contributed by atoms with van der Waals surface area (Å²) in [7, 11) is 3.04. The predicted molar refractivity (Wildman–Crippen MR) is 97.7 cm³/mol. The second-order valence-electron chi connectivity index (χ2n) is 10.2. The Hall–Kier alpha value is -0.530. The van der Waals surface area contributed by atoms with Crippen LogP contribution in [0.4, 0.5) is 0 Å². The first-order chi connectivity index (χ1) is 12.5. The quantitative estimate of drug-likeness (QED) is 0.629. The van der Waals surface area contributed by atoms with Gasteiger partial charge in [-0.05, 0) is 38.0 Å². The van der Waals surface area contributed by atoms with Crippen LogP contribution in [0.25, 0.3) is 0 Å². The van der Waals surface area contributed by atoms with Gasteiger partial charge in [0.1, 0.15) is 11.9 Å². The summed E-state index contributed by atoms with van der Waals surface area (Å²) in [6.07, 6.45) is 1.01. The third kappa shape index (κ3) is 1.88. The van der Waals surface area contributed by atoms with E-state index in [9.17, 15) is 20.1 Å². The highest BCUT2D eigenvalue weighted by Gasteiger charge is 2.81. The van der Waals surface area contributed by atoms with Gasteiger partial charge in [0.2, 0.25) is 0 Å². The van der Waals surface area contributed by atoms with Gasteiger partial charge in [0.25, 0.3) is 0 Å². The molecule has 6 heteroatoms. The Balaban J connectivity index is 1.89. The molecule has 27 heavy (non-hydrogen) atoms. The zero-order chi connectivity index (χ0) is 20.0. The predicted octanol–water partition coefficient (Wildman–Crippen LogP) is 1.64. The molecule has 7 atom stereocenters. The van der Waals surface area contributed by atoms with E-state index in [0.717, 1.165) is 0 Å². The van der Waals surface area contributed by atoms with E-state index in [-0.39, 0.29) is 17.6 Å². The summed E-state index contributed by atoms with van der Waals surface area (Å²) in [6.45, 7) is 6.04. The molecule has 5 fully saturated rings. The van der Waals surface area contributed by atoms with Crippen LogP contribution in [0.1, 0.15) is 59.3 Å². The Labute approximate surface area is 161 Å². The topological polar surface area (TPSA) is 96.2 Å². The molecule has 0 aromatic carbocycles. The van der Waals surface area contributed by atoms with Gasteiger partial charge in [-0.25, -0.2) is 0 Å². The normalized spacial score (nSPS) is 53.0. The lowest BCUT2D eigenvalue weighted by atomic mass is 9.33. The van der Waals surface area contributed by atoms with Gasteiger partial charge >= 0.3 is 0 Å². The number of aliphatic hydroxyl groups excluding tert-OH is 2. The molecule has 3 N–H and O–H groups in total. The van der Waals surface area contributed by atoms with Crippen LogP contribution < -0.4 is 0 Å². The summed E-state index contributed by atoms with van der Waals surface area (Å²) in [5.41, 5.74) is -3.47. The number of aliphatic hydroxyl groups is 3. The lowest BCUT2D eigenvalue weighted by molar-refractivity contribution is -0.428. The van der Waals surface area contributed by atoms with E-state index in [2.05, 4.69) is 6.92 Å². The molecule has 5 rings (SSSR count). The Kier molecular flexibility index (Phi) is 4.06. The second-order valence-corrected chi connectivity index (χ2v) is 10.2. The molecule has 5 aliphatic carbocycles. The van der Waals surface area contributed by atoms with E-state index in [1.807, 2.05) is 13.8 Å². The Morgan fingerprint density at radius 2 is 1.70 bits per heavy atom. The van der Waals surface area contributed by atoms with E-state index in [4.69, 9.17) is 9.47 Å². The van der Waals surface area contributed by atoms with Gasteiger partial charge in [0.15, 0.2) is 5.79 Å². The number of fused-ring (bicyclic) bond motifs is 3. The molecule has 5 aliphatic rings. The van der Waals surface area contributed by atoms with E-state index in [0.29, 0.717) is 38.5 Å². The molecule has 0 radical (unpaired) electrons. The number of hydrogen-bond donors (Lipinski definition) is 3. The maximum Gasteiger partial charge on any atom is 0.197 e. The Morgan fingerprint density at radius 1 is 1.07 bits per heavy atom. The summed E-state index contributed by atoms with van der Waals surface area (Å²) in [4.78, 5) is 12.6. The van der Waals surface area contributed by atoms with Crippen molar-refractivity contribution in [2.45, 2.75) is 82.9 Å². The number of hydrogen-bond acceptors (Lipinski definition) is 6. The van der Waals surface area contributed by atoms with Crippen molar-refractivity contribution in [1.29, 1.82) is 0 Å². The molecule has 0 aromatic heterocycles. The number of ketones is 1. The van der Waals surface area contributed by atoms with Crippen molar-refractivity contribution in [2.24, 2.45) is 28.1 Å². The van der Waals surface area contributed by atoms with Crippen LogP contribution in [-0.4, -0.2) is 58.9 Å². The summed E-state index contributed by atoms with van der Waals surface area (Å²) >= 11 is 0. The van der Waals surface area contributed by atoms with Crippen LogP contribution in [0, 0.1) is 28.1 Å². The van der Waals surface area contributed by atoms with Gasteiger partial charge in [-0.2, -0.15) is 0 Å². The number of Topliss-reactive ketones (excluding diaryl/α,β-unsaturated/α-hetero) is 1. The SMILES string of the molecule is COC1(OC)[C@H]2C[C@@H](O)[C@@]3(CC[C@@H]4C(C)(C)C(=O)CC[C@@]4(C)[C@]3(O)C2)[C@@H]1O. The van der Waals surface area contributed by atoms with Crippen LogP contribution in [0.2, 0.25) is 0 Å². The minimum Gasteiger partial charge on any atom is -0.392 e. The zero-order valence-electron chi connectivity index (χ0n) is 17.1. The molecule has 0 heterocycles. The number of methoxy groups -OCH3 is 2. The number of carbonyl (C=O) groups is 1. The van der Waals surface area contributed by atoms with Gasteiger partial charge in [0.05, 0.1) is 17.1 Å². The molecular formula is C21H34O6. The molecule has 5 saturated carbocycles. The fourth-order valence-electron chi connectivity index (χ4n) is 8.02. The van der Waals surface area contributed by atoms with Gasteiger partial charge in [-0.3, -0.25) is 4.79 Å². The van der Waals surface area contributed by atoms with Gasteiger partial charge in [-0.15, -0.1) is 0 Å². The monoisotopic (exact) mass is 382 g/mol. The highest BCUT2D eigenvalue weighted by molar-refractivity contribution is 5.85. The summed E-state index contributed by atoms with van der Waals surface area (Å²) in [5.74, 6) is -1.27. The smallest absolute Gasteiger partial charge is 0.197 e. The highest BCUT2D eigenvalue weighted by Crippen LogP contribution is 2.74. The third-order valence-electron chi connectivity index (χ3n) is 9.51. The average Bonchev–Trinajstić information content (AvgIpc) is 2.60. The van der Waals surface area contributed by atoms with Gasteiger partial charge in [0, 0.05) is 37.4 Å². The average molecular weight is 382 g/mol. The van der Waals surface area contributed by atoms with Crippen LogP contribution >= 0.6 is 0 Å². The fourth-order valence-corrected chi connectivity index (χ4v) is 8.02. The minimum atomic E-state index is -1.27. The molecule has 0 amide bonds. The molecule has 2 bridgehead atoms. The van der Waals surface area contributed by atoms with Crippen LogP contribution in [0.15, 0.2) is 0 Å². The lowest BCUT2D eigenvalue weighted by Crippen LogP contribution is -2.84. The molecule has 0 aliphatic heterocycles. The van der Waals surface area contributed by atoms with Crippen molar-refractivity contribution in [3.8, 4) is 0 Å². The van der Waals surface area contributed by atoms with Crippen molar-refractivity contribution in [3.05, 3.63) is 0 Å². The first kappa shape index (κ1) is 19.8. The summed E-state index contributed by atoms with van der Waals surface area (Å²) < 4.78 is 11.4. The van der Waals surface area contributed by atoms with Crippen molar-refractivity contribution < 1.29 is 29.6 Å². The standard InChI is InChI=1S/C21H34O6/c1-17(2)13-6-9-19-15(23)10-12(21(26-4,27-5)16(19)24)11-20(19,25)18(13,3)8-7-14(17)22/h12-13,15-16,23-25H,6-11H2,1-5H3/t12-,13+,15+,16-,18+,19-,20+/m0/s1. The van der Waals surface area contributed by atoms with E-state index < -0.39 is 39.8 Å². The van der Waals surface area contributed by atoms with Crippen molar-refractivity contribution in [1.82, 2.24) is 0 Å². The van der Waals surface area contributed by atoms with Crippen LogP contribution in [0.3, 0.4) is 0 Å². The maximum absolute atomic E-state index is 12.6. The van der Waals surface area contributed by atoms with Gasteiger partial charge < -0.3 is 24.8 Å². The molecule has 154 valence electrons. The molecule has 0 aromatic rings. The van der Waals surface area contributed by atoms with Crippen LogP contribution in [-0.2, 0) is 14.3 Å². The Morgan fingerprint density at radius 3 is 2.30 bits per heavy atom.